The number of amides is 1. The van der Waals surface area contributed by atoms with Gasteiger partial charge in [0.15, 0.2) is 0 Å². The number of nitrogens with one attached hydrogen (secondary N) is 1. The number of thiocarbonyl (C=S) groups is 1. The lowest BCUT2D eigenvalue weighted by Crippen LogP contribution is -2.52. The number of unbranched alkanes of at least 4 members (excludes halogenated alkanes) is 1. The van der Waals surface area contributed by atoms with Gasteiger partial charge in [-0.05, 0) is 25.7 Å². The van der Waals surface area contributed by atoms with Crippen LogP contribution in [0.2, 0.25) is 0 Å². The molecule has 0 aromatic rings. The van der Waals surface area contributed by atoms with E-state index in [4.69, 9.17) is 27.4 Å². The van der Waals surface area contributed by atoms with Gasteiger partial charge in [0.2, 0.25) is 5.91 Å². The molecule has 0 spiro atoms. The van der Waals surface area contributed by atoms with E-state index >= 15 is 0 Å². The second-order valence-electron chi connectivity index (χ2n) is 4.51. The van der Waals surface area contributed by atoms with Crippen molar-refractivity contribution in [2.45, 2.75) is 25.7 Å². The Balaban J connectivity index is 2.43. The van der Waals surface area contributed by atoms with E-state index in [9.17, 15) is 4.79 Å². The molecule has 0 aliphatic carbocycles. The van der Waals surface area contributed by atoms with Crippen LogP contribution in [0.5, 0.6) is 0 Å². The summed E-state index contributed by atoms with van der Waals surface area (Å²) < 4.78 is 10.2. The summed E-state index contributed by atoms with van der Waals surface area (Å²) in [5.74, 6) is -0.0595. The number of carbonyl (C=O) groups is 1. The summed E-state index contributed by atoms with van der Waals surface area (Å²) in [6.07, 6.45) is 2.97. The molecule has 1 fully saturated rings. The summed E-state index contributed by atoms with van der Waals surface area (Å²) in [5.41, 5.74) is 5.04. The first-order valence-electron chi connectivity index (χ1n) is 6.28. The molecular formula is C12H22N2O3S. The number of methoxy groups -OCH3 is 1. The molecule has 0 atom stereocenters. The van der Waals surface area contributed by atoms with Crippen molar-refractivity contribution in [3.05, 3.63) is 0 Å². The van der Waals surface area contributed by atoms with Crippen molar-refractivity contribution >= 4 is 23.1 Å². The highest BCUT2D eigenvalue weighted by Crippen LogP contribution is 2.31. The molecule has 0 bridgehead atoms. The maximum absolute atomic E-state index is 12.2. The molecule has 18 heavy (non-hydrogen) atoms. The number of hydrogen-bond donors (Lipinski definition) is 2. The van der Waals surface area contributed by atoms with E-state index < -0.39 is 5.41 Å². The Morgan fingerprint density at radius 2 is 2.11 bits per heavy atom. The zero-order chi connectivity index (χ0) is 13.4. The number of hydrogen-bond acceptors (Lipinski definition) is 4. The fourth-order valence-electron chi connectivity index (χ4n) is 2.05. The monoisotopic (exact) mass is 274 g/mol. The molecule has 0 unspecified atom stereocenters. The van der Waals surface area contributed by atoms with Crippen molar-refractivity contribution in [1.82, 2.24) is 5.32 Å². The SMILES string of the molecule is COCCCCNC(=O)C1(C(N)=S)CCOCC1. The fourth-order valence-corrected chi connectivity index (χ4v) is 2.34. The molecule has 1 saturated heterocycles. The maximum Gasteiger partial charge on any atom is 0.233 e. The van der Waals surface area contributed by atoms with Gasteiger partial charge in [0.25, 0.3) is 0 Å². The Hall–Kier alpha value is -0.720. The van der Waals surface area contributed by atoms with E-state index in [1.807, 2.05) is 0 Å². The summed E-state index contributed by atoms with van der Waals surface area (Å²) >= 11 is 5.07. The average Bonchev–Trinajstić information content (AvgIpc) is 2.39. The number of carbonyl (C=O) groups excluding carboxylic acids is 1. The molecule has 0 radical (unpaired) electrons. The molecule has 3 N–H and O–H groups in total. The van der Waals surface area contributed by atoms with Gasteiger partial charge in [0, 0.05) is 33.5 Å². The normalized spacial score (nSPS) is 18.3. The van der Waals surface area contributed by atoms with Crippen LogP contribution in [-0.4, -0.2) is 44.4 Å². The molecule has 1 rings (SSSR count). The predicted molar refractivity (Wildman–Crippen MR) is 73.4 cm³/mol. The Labute approximate surface area is 113 Å². The average molecular weight is 274 g/mol. The van der Waals surface area contributed by atoms with Crippen molar-refractivity contribution < 1.29 is 14.3 Å². The first-order valence-corrected chi connectivity index (χ1v) is 6.69. The molecule has 1 aliphatic rings. The standard InChI is InChI=1S/C12H22N2O3S/c1-16-7-3-2-6-14-11(15)12(10(13)18)4-8-17-9-5-12/h2-9H2,1H3,(H2,13,18)(H,14,15). The molecule has 1 amide bonds. The summed E-state index contributed by atoms with van der Waals surface area (Å²) in [7, 11) is 1.67. The van der Waals surface area contributed by atoms with Crippen LogP contribution in [0.15, 0.2) is 0 Å². The fraction of sp³-hybridized carbons (Fsp3) is 0.833. The van der Waals surface area contributed by atoms with Gasteiger partial charge < -0.3 is 20.5 Å². The van der Waals surface area contributed by atoms with Crippen LogP contribution in [0.4, 0.5) is 0 Å². The van der Waals surface area contributed by atoms with Gasteiger partial charge in [-0.2, -0.15) is 0 Å². The van der Waals surface area contributed by atoms with Gasteiger partial charge in [-0.3, -0.25) is 4.79 Å². The molecule has 6 heteroatoms. The third kappa shape index (κ3) is 3.90. The van der Waals surface area contributed by atoms with Crippen molar-refractivity contribution in [2.75, 3.05) is 33.5 Å². The van der Waals surface area contributed by atoms with Gasteiger partial charge in [-0.15, -0.1) is 0 Å². The largest absolute Gasteiger partial charge is 0.392 e. The quantitative estimate of drug-likeness (QED) is 0.526. The van der Waals surface area contributed by atoms with Crippen LogP contribution in [0.3, 0.4) is 0 Å². The highest BCUT2D eigenvalue weighted by Gasteiger charge is 2.42. The Bertz CT molecular complexity index is 291. The van der Waals surface area contributed by atoms with Crippen molar-refractivity contribution in [3.63, 3.8) is 0 Å². The van der Waals surface area contributed by atoms with E-state index in [1.165, 1.54) is 0 Å². The van der Waals surface area contributed by atoms with Crippen LogP contribution in [0.1, 0.15) is 25.7 Å². The van der Waals surface area contributed by atoms with Crippen LogP contribution >= 0.6 is 12.2 Å². The van der Waals surface area contributed by atoms with Gasteiger partial charge in [0.05, 0.1) is 4.99 Å². The minimum Gasteiger partial charge on any atom is -0.392 e. The van der Waals surface area contributed by atoms with Crippen molar-refractivity contribution in [2.24, 2.45) is 11.1 Å². The zero-order valence-electron chi connectivity index (χ0n) is 10.9. The Morgan fingerprint density at radius 3 is 2.67 bits per heavy atom. The summed E-state index contributed by atoms with van der Waals surface area (Å²) in [6.45, 7) is 2.42. The number of nitrogens with two attached hydrogens (primary N) is 1. The highest BCUT2D eigenvalue weighted by molar-refractivity contribution is 7.80. The van der Waals surface area contributed by atoms with E-state index in [1.54, 1.807) is 7.11 Å². The van der Waals surface area contributed by atoms with E-state index in [0.717, 1.165) is 12.8 Å². The Morgan fingerprint density at radius 1 is 1.44 bits per heavy atom. The van der Waals surface area contributed by atoms with Crippen LogP contribution in [-0.2, 0) is 14.3 Å². The molecule has 0 aromatic carbocycles. The summed E-state index contributed by atoms with van der Waals surface area (Å²) in [6, 6.07) is 0. The van der Waals surface area contributed by atoms with E-state index in [2.05, 4.69) is 5.32 Å². The highest BCUT2D eigenvalue weighted by atomic mass is 32.1. The van der Waals surface area contributed by atoms with Crippen molar-refractivity contribution in [1.29, 1.82) is 0 Å². The second kappa shape index (κ2) is 7.66. The third-order valence-electron chi connectivity index (χ3n) is 3.31. The first-order chi connectivity index (χ1) is 8.63. The predicted octanol–water partition coefficient (Wildman–Crippen LogP) is 0.612. The lowest BCUT2D eigenvalue weighted by molar-refractivity contribution is -0.131. The van der Waals surface area contributed by atoms with Crippen LogP contribution in [0, 0.1) is 5.41 Å². The van der Waals surface area contributed by atoms with Gasteiger partial charge in [-0.1, -0.05) is 12.2 Å². The molecule has 0 saturated carbocycles. The zero-order valence-corrected chi connectivity index (χ0v) is 11.7. The molecular weight excluding hydrogens is 252 g/mol. The minimum atomic E-state index is -0.713. The van der Waals surface area contributed by atoms with Crippen LogP contribution in [0.25, 0.3) is 0 Å². The second-order valence-corrected chi connectivity index (χ2v) is 4.95. The van der Waals surface area contributed by atoms with E-state index in [-0.39, 0.29) is 10.9 Å². The number of rotatable bonds is 7. The molecule has 1 heterocycles. The van der Waals surface area contributed by atoms with Crippen molar-refractivity contribution in [3.8, 4) is 0 Å². The van der Waals surface area contributed by atoms with Crippen LogP contribution < -0.4 is 11.1 Å². The minimum absolute atomic E-state index is 0.0595. The molecule has 5 nitrogen and oxygen atoms in total. The molecule has 1 aliphatic heterocycles. The van der Waals surface area contributed by atoms with Gasteiger partial charge >= 0.3 is 0 Å². The number of ether oxygens (including phenoxy) is 2. The third-order valence-corrected chi connectivity index (χ3v) is 3.70. The van der Waals surface area contributed by atoms with Gasteiger partial charge in [0.1, 0.15) is 5.41 Å². The smallest absolute Gasteiger partial charge is 0.233 e. The molecule has 0 aromatic heterocycles. The van der Waals surface area contributed by atoms with E-state index in [0.29, 0.717) is 39.2 Å². The van der Waals surface area contributed by atoms with Gasteiger partial charge in [-0.25, -0.2) is 0 Å². The first kappa shape index (κ1) is 15.3. The maximum atomic E-state index is 12.2. The summed E-state index contributed by atoms with van der Waals surface area (Å²) in [4.78, 5) is 12.5. The lowest BCUT2D eigenvalue weighted by atomic mass is 9.79. The Kier molecular flexibility index (Phi) is 6.52. The summed E-state index contributed by atoms with van der Waals surface area (Å²) in [5, 5.41) is 2.92. The molecule has 104 valence electrons. The lowest BCUT2D eigenvalue weighted by Gasteiger charge is -2.34. The topological polar surface area (TPSA) is 73.6 Å².